The second-order valence-corrected chi connectivity index (χ2v) is 4.87. The summed E-state index contributed by atoms with van der Waals surface area (Å²) in [5.41, 5.74) is 0.236. The predicted molar refractivity (Wildman–Crippen MR) is 73.9 cm³/mol. The Morgan fingerprint density at radius 3 is 2.65 bits per heavy atom. The quantitative estimate of drug-likeness (QED) is 0.895. The molecule has 1 aromatic carbocycles. The van der Waals surface area contributed by atoms with E-state index < -0.39 is 5.97 Å². The van der Waals surface area contributed by atoms with Gasteiger partial charge in [0.1, 0.15) is 12.4 Å². The number of hydrogen-bond acceptors (Lipinski definition) is 3. The number of hydrogen-bond donors (Lipinski definition) is 1. The molecule has 2 rings (SSSR count). The van der Waals surface area contributed by atoms with Crippen molar-refractivity contribution in [2.45, 2.75) is 25.7 Å². The molecule has 1 heterocycles. The molecular weight excluding hydrogens is 258 g/mol. The first-order chi connectivity index (χ1) is 9.66. The molecule has 0 unspecified atom stereocenters. The van der Waals surface area contributed by atoms with E-state index in [1.165, 1.54) is 12.1 Å². The Balaban J connectivity index is 1.80. The van der Waals surface area contributed by atoms with Crippen LogP contribution in [0.5, 0.6) is 5.75 Å². The molecular formula is C15H19NO4. The van der Waals surface area contributed by atoms with E-state index >= 15 is 0 Å². The number of rotatable bonds is 5. The molecule has 108 valence electrons. The fraction of sp³-hybridized carbons (Fsp3) is 0.467. The first-order valence-corrected chi connectivity index (χ1v) is 6.91. The number of ether oxygens (including phenoxy) is 1. The topological polar surface area (TPSA) is 66.8 Å². The highest BCUT2D eigenvalue weighted by Crippen LogP contribution is 2.13. The second kappa shape index (κ2) is 6.93. The van der Waals surface area contributed by atoms with Crippen LogP contribution in [0.3, 0.4) is 0 Å². The van der Waals surface area contributed by atoms with Crippen LogP contribution in [0.15, 0.2) is 24.3 Å². The van der Waals surface area contributed by atoms with Crippen LogP contribution in [0, 0.1) is 0 Å². The van der Waals surface area contributed by atoms with Crippen molar-refractivity contribution in [3.8, 4) is 5.75 Å². The number of carbonyl (C=O) groups is 2. The van der Waals surface area contributed by atoms with E-state index in [1.807, 2.05) is 4.90 Å². The molecule has 0 bridgehead atoms. The molecule has 20 heavy (non-hydrogen) atoms. The van der Waals surface area contributed by atoms with E-state index in [4.69, 9.17) is 9.84 Å². The Morgan fingerprint density at radius 1 is 1.20 bits per heavy atom. The van der Waals surface area contributed by atoms with Gasteiger partial charge < -0.3 is 14.7 Å². The van der Waals surface area contributed by atoms with Gasteiger partial charge in [0, 0.05) is 13.0 Å². The summed E-state index contributed by atoms with van der Waals surface area (Å²) >= 11 is 0. The molecule has 1 aromatic rings. The fourth-order valence-electron chi connectivity index (χ4n) is 2.24. The van der Waals surface area contributed by atoms with Crippen molar-refractivity contribution in [3.05, 3.63) is 29.8 Å². The van der Waals surface area contributed by atoms with Crippen molar-refractivity contribution in [2.75, 3.05) is 19.7 Å². The van der Waals surface area contributed by atoms with Crippen molar-refractivity contribution < 1.29 is 19.4 Å². The van der Waals surface area contributed by atoms with E-state index in [0.29, 0.717) is 25.3 Å². The maximum Gasteiger partial charge on any atom is 0.335 e. The average Bonchev–Trinajstić information content (AvgIpc) is 2.65. The van der Waals surface area contributed by atoms with Crippen LogP contribution < -0.4 is 4.74 Å². The Hall–Kier alpha value is -2.04. The summed E-state index contributed by atoms with van der Waals surface area (Å²) in [4.78, 5) is 24.3. The van der Waals surface area contributed by atoms with Crippen molar-refractivity contribution in [1.29, 1.82) is 0 Å². The molecule has 0 aliphatic carbocycles. The number of carbonyl (C=O) groups excluding carboxylic acids is 1. The molecule has 1 aliphatic rings. The van der Waals surface area contributed by atoms with Gasteiger partial charge in [-0.15, -0.1) is 0 Å². The summed E-state index contributed by atoms with van der Waals surface area (Å²) in [6.45, 7) is 1.82. The Kier molecular flexibility index (Phi) is 4.98. The zero-order valence-electron chi connectivity index (χ0n) is 11.4. The van der Waals surface area contributed by atoms with Gasteiger partial charge in [-0.25, -0.2) is 4.79 Å². The molecule has 1 N–H and O–H groups in total. The number of amides is 1. The lowest BCUT2D eigenvalue weighted by atomic mass is 10.2. The Bertz CT molecular complexity index is 469. The van der Waals surface area contributed by atoms with Crippen LogP contribution >= 0.6 is 0 Å². The molecule has 1 fully saturated rings. The maximum absolute atomic E-state index is 11.8. The smallest absolute Gasteiger partial charge is 0.335 e. The van der Waals surface area contributed by atoms with Gasteiger partial charge >= 0.3 is 5.97 Å². The summed E-state index contributed by atoms with van der Waals surface area (Å²) in [6.07, 6.45) is 3.78. The first-order valence-electron chi connectivity index (χ1n) is 6.91. The molecule has 0 saturated carbocycles. The van der Waals surface area contributed by atoms with Crippen LogP contribution in [0.25, 0.3) is 0 Å². The maximum atomic E-state index is 11.8. The average molecular weight is 277 g/mol. The lowest BCUT2D eigenvalue weighted by molar-refractivity contribution is -0.131. The number of benzene rings is 1. The second-order valence-electron chi connectivity index (χ2n) is 4.87. The SMILES string of the molecule is O=C(O)c1ccc(OCCN2CCCCCC2=O)cc1. The molecule has 5 heteroatoms. The zero-order chi connectivity index (χ0) is 14.4. The van der Waals surface area contributed by atoms with Gasteiger partial charge in [0.05, 0.1) is 12.1 Å². The molecule has 0 atom stereocenters. The third-order valence-electron chi connectivity index (χ3n) is 3.40. The molecule has 0 aromatic heterocycles. The third kappa shape index (κ3) is 3.98. The highest BCUT2D eigenvalue weighted by Gasteiger charge is 2.15. The van der Waals surface area contributed by atoms with E-state index in [9.17, 15) is 9.59 Å². The van der Waals surface area contributed by atoms with Gasteiger partial charge in [0.25, 0.3) is 0 Å². The zero-order valence-corrected chi connectivity index (χ0v) is 11.4. The van der Waals surface area contributed by atoms with Crippen molar-refractivity contribution in [2.24, 2.45) is 0 Å². The molecule has 0 radical (unpaired) electrons. The lowest BCUT2D eigenvalue weighted by Gasteiger charge is -2.20. The summed E-state index contributed by atoms with van der Waals surface area (Å²) in [5.74, 6) is -0.128. The van der Waals surface area contributed by atoms with Gasteiger partial charge in [0.2, 0.25) is 5.91 Å². The van der Waals surface area contributed by atoms with E-state index in [2.05, 4.69) is 0 Å². The van der Waals surface area contributed by atoms with E-state index in [0.717, 1.165) is 25.8 Å². The number of aromatic carboxylic acids is 1. The van der Waals surface area contributed by atoms with Crippen molar-refractivity contribution in [1.82, 2.24) is 4.90 Å². The standard InChI is InChI=1S/C15H19NO4/c17-14-4-2-1-3-9-16(14)10-11-20-13-7-5-12(6-8-13)15(18)19/h5-8H,1-4,9-11H2,(H,18,19). The van der Waals surface area contributed by atoms with Crippen LogP contribution in [0.1, 0.15) is 36.0 Å². The van der Waals surface area contributed by atoms with Crippen molar-refractivity contribution in [3.63, 3.8) is 0 Å². The van der Waals surface area contributed by atoms with E-state index in [-0.39, 0.29) is 11.5 Å². The van der Waals surface area contributed by atoms with Gasteiger partial charge in [-0.2, -0.15) is 0 Å². The monoisotopic (exact) mass is 277 g/mol. The predicted octanol–water partition coefficient (Wildman–Crippen LogP) is 2.17. The molecule has 1 amide bonds. The largest absolute Gasteiger partial charge is 0.492 e. The summed E-state index contributed by atoms with van der Waals surface area (Å²) in [7, 11) is 0. The number of carboxylic acid groups (broad SMARTS) is 1. The molecule has 1 aliphatic heterocycles. The Morgan fingerprint density at radius 2 is 1.95 bits per heavy atom. The summed E-state index contributed by atoms with van der Waals surface area (Å²) in [5, 5.41) is 8.79. The first kappa shape index (κ1) is 14.4. The van der Waals surface area contributed by atoms with Gasteiger partial charge in [-0.05, 0) is 37.1 Å². The number of carboxylic acids is 1. The fourth-order valence-corrected chi connectivity index (χ4v) is 2.24. The number of likely N-dealkylation sites (tertiary alicyclic amines) is 1. The van der Waals surface area contributed by atoms with Gasteiger partial charge in [-0.3, -0.25) is 4.79 Å². The summed E-state index contributed by atoms with van der Waals surface area (Å²) in [6, 6.07) is 6.28. The van der Waals surface area contributed by atoms with Crippen LogP contribution in [-0.2, 0) is 4.79 Å². The van der Waals surface area contributed by atoms with Crippen LogP contribution in [0.4, 0.5) is 0 Å². The number of nitrogens with zero attached hydrogens (tertiary/aromatic N) is 1. The molecule has 0 spiro atoms. The van der Waals surface area contributed by atoms with Gasteiger partial charge in [0.15, 0.2) is 0 Å². The van der Waals surface area contributed by atoms with E-state index in [1.54, 1.807) is 12.1 Å². The molecule has 1 saturated heterocycles. The van der Waals surface area contributed by atoms with Crippen molar-refractivity contribution >= 4 is 11.9 Å². The minimum absolute atomic E-state index is 0.201. The third-order valence-corrected chi connectivity index (χ3v) is 3.40. The Labute approximate surface area is 118 Å². The molecule has 5 nitrogen and oxygen atoms in total. The highest BCUT2D eigenvalue weighted by molar-refractivity contribution is 5.87. The normalized spacial score (nSPS) is 15.8. The van der Waals surface area contributed by atoms with Crippen LogP contribution in [-0.4, -0.2) is 41.6 Å². The highest BCUT2D eigenvalue weighted by atomic mass is 16.5. The minimum Gasteiger partial charge on any atom is -0.492 e. The summed E-state index contributed by atoms with van der Waals surface area (Å²) < 4.78 is 5.55. The minimum atomic E-state index is -0.952. The van der Waals surface area contributed by atoms with Gasteiger partial charge in [-0.1, -0.05) is 6.42 Å². The van der Waals surface area contributed by atoms with Crippen LogP contribution in [0.2, 0.25) is 0 Å². The lowest BCUT2D eigenvalue weighted by Crippen LogP contribution is -2.34.